The van der Waals surface area contributed by atoms with Crippen molar-refractivity contribution in [2.75, 3.05) is 43.4 Å². The molecule has 1 aromatic rings. The van der Waals surface area contributed by atoms with E-state index >= 15 is 0 Å². The Morgan fingerprint density at radius 3 is 2.25 bits per heavy atom. The van der Waals surface area contributed by atoms with Crippen molar-refractivity contribution >= 4 is 25.7 Å². The molecule has 0 N–H and O–H groups in total. The second kappa shape index (κ2) is 7.97. The van der Waals surface area contributed by atoms with Crippen LogP contribution >= 0.6 is 0 Å². The molecule has 5 rings (SSSR count). The first-order valence-corrected chi connectivity index (χ1v) is 14.6. The van der Waals surface area contributed by atoms with Gasteiger partial charge in [0, 0.05) is 38.8 Å². The van der Waals surface area contributed by atoms with Crippen LogP contribution in [0.5, 0.6) is 0 Å². The van der Waals surface area contributed by atoms with Crippen LogP contribution < -0.4 is 4.90 Å². The second-order valence-electron chi connectivity index (χ2n) is 9.69. The molecule has 0 atom stereocenters. The molecule has 3 heterocycles. The number of nitrogens with zero attached hydrogens (tertiary/aromatic N) is 4. The molecule has 8 nitrogen and oxygen atoms in total. The molecule has 0 amide bonds. The smallest absolute Gasteiger partial charge is 0.243 e. The van der Waals surface area contributed by atoms with Crippen LogP contribution in [0.4, 0.5) is 5.69 Å². The standard InChI is InChI=1S/C22H30N4O4S2/c23-17-18-2-3-20(16-21(18)24-13-8-22(6-7-22)9-14-24)32(29,30)25-11-4-19(5-12-25)26-10-1-15-31(26,27)28/h2-3,16,19H,1,4-15H2. The molecule has 0 radical (unpaired) electrons. The molecule has 1 aromatic carbocycles. The Morgan fingerprint density at radius 2 is 1.69 bits per heavy atom. The number of sulfonamides is 2. The van der Waals surface area contributed by atoms with Crippen molar-refractivity contribution in [2.24, 2.45) is 5.41 Å². The summed E-state index contributed by atoms with van der Waals surface area (Å²) in [6.07, 6.45) is 6.44. The fourth-order valence-electron chi connectivity index (χ4n) is 5.52. The zero-order valence-corrected chi connectivity index (χ0v) is 19.9. The largest absolute Gasteiger partial charge is 0.370 e. The SMILES string of the molecule is N#Cc1ccc(S(=O)(=O)N2CCC(N3CCCS3(=O)=O)CC2)cc1N1CCC2(CC1)CC2. The maximum atomic E-state index is 13.4. The van der Waals surface area contributed by atoms with Gasteiger partial charge in [-0.05, 0) is 68.6 Å². The third kappa shape index (κ3) is 3.94. The van der Waals surface area contributed by atoms with Crippen LogP contribution in [0.2, 0.25) is 0 Å². The monoisotopic (exact) mass is 478 g/mol. The molecule has 4 aliphatic rings. The highest BCUT2D eigenvalue weighted by Gasteiger charge is 2.45. The van der Waals surface area contributed by atoms with E-state index in [0.29, 0.717) is 55.6 Å². The maximum Gasteiger partial charge on any atom is 0.243 e. The summed E-state index contributed by atoms with van der Waals surface area (Å²) in [7, 11) is -6.90. The molecule has 0 unspecified atom stereocenters. The van der Waals surface area contributed by atoms with Crippen molar-refractivity contribution in [3.05, 3.63) is 23.8 Å². The molecule has 3 aliphatic heterocycles. The highest BCUT2D eigenvalue weighted by atomic mass is 32.2. The van der Waals surface area contributed by atoms with Crippen molar-refractivity contribution < 1.29 is 16.8 Å². The molecule has 32 heavy (non-hydrogen) atoms. The fourth-order valence-corrected chi connectivity index (χ4v) is 8.81. The van der Waals surface area contributed by atoms with E-state index in [1.807, 2.05) is 0 Å². The van der Waals surface area contributed by atoms with Crippen molar-refractivity contribution in [1.82, 2.24) is 8.61 Å². The molecular formula is C22H30N4O4S2. The molecule has 0 bridgehead atoms. The first kappa shape index (κ1) is 22.1. The molecule has 1 aliphatic carbocycles. The quantitative estimate of drug-likeness (QED) is 0.657. The number of nitriles is 1. The lowest BCUT2D eigenvalue weighted by Gasteiger charge is -2.36. The lowest BCUT2D eigenvalue weighted by molar-refractivity contribution is 0.226. The lowest BCUT2D eigenvalue weighted by atomic mass is 9.93. The Labute approximate surface area is 190 Å². The molecule has 174 valence electrons. The van der Waals surface area contributed by atoms with E-state index in [1.165, 1.54) is 23.2 Å². The molecule has 10 heteroatoms. The van der Waals surface area contributed by atoms with Gasteiger partial charge in [-0.2, -0.15) is 13.9 Å². The number of hydrogen-bond donors (Lipinski definition) is 0. The van der Waals surface area contributed by atoms with E-state index < -0.39 is 20.0 Å². The Kier molecular flexibility index (Phi) is 5.52. The highest BCUT2D eigenvalue weighted by Crippen LogP contribution is 2.54. The van der Waals surface area contributed by atoms with E-state index in [4.69, 9.17) is 0 Å². The van der Waals surface area contributed by atoms with Gasteiger partial charge in [0.1, 0.15) is 6.07 Å². The Hall–Kier alpha value is -1.67. The highest BCUT2D eigenvalue weighted by molar-refractivity contribution is 7.89. The van der Waals surface area contributed by atoms with Crippen LogP contribution in [0.15, 0.2) is 23.1 Å². The van der Waals surface area contributed by atoms with E-state index in [-0.39, 0.29) is 16.7 Å². The van der Waals surface area contributed by atoms with Crippen LogP contribution in [0.1, 0.15) is 50.5 Å². The lowest BCUT2D eigenvalue weighted by Crippen LogP contribution is -2.47. The number of anilines is 1. The number of hydrogen-bond acceptors (Lipinski definition) is 6. The van der Waals surface area contributed by atoms with Gasteiger partial charge in [-0.15, -0.1) is 0 Å². The van der Waals surface area contributed by atoms with Crippen molar-refractivity contribution in [3.63, 3.8) is 0 Å². The Morgan fingerprint density at radius 1 is 1.00 bits per heavy atom. The van der Waals surface area contributed by atoms with Gasteiger partial charge in [0.25, 0.3) is 0 Å². The van der Waals surface area contributed by atoms with Gasteiger partial charge in [-0.1, -0.05) is 0 Å². The predicted octanol–water partition coefficient (Wildman–Crippen LogP) is 2.13. The van der Waals surface area contributed by atoms with Crippen LogP contribution in [0.25, 0.3) is 0 Å². The Bertz CT molecular complexity index is 1140. The van der Waals surface area contributed by atoms with Crippen LogP contribution in [-0.4, -0.2) is 70.0 Å². The summed E-state index contributed by atoms with van der Waals surface area (Å²) in [6.45, 7) is 2.86. The van der Waals surface area contributed by atoms with Gasteiger partial charge in [0.2, 0.25) is 20.0 Å². The number of piperidine rings is 2. The van der Waals surface area contributed by atoms with Crippen molar-refractivity contribution in [3.8, 4) is 6.07 Å². The molecular weight excluding hydrogens is 448 g/mol. The fraction of sp³-hybridized carbons (Fsp3) is 0.682. The molecule has 0 aromatic heterocycles. The average molecular weight is 479 g/mol. The van der Waals surface area contributed by atoms with Crippen LogP contribution in [0, 0.1) is 16.7 Å². The van der Waals surface area contributed by atoms with Gasteiger partial charge in [0.15, 0.2) is 0 Å². The van der Waals surface area contributed by atoms with E-state index in [9.17, 15) is 22.1 Å². The Balaban J connectivity index is 1.32. The average Bonchev–Trinajstić information content (AvgIpc) is 3.45. The third-order valence-electron chi connectivity index (χ3n) is 7.82. The van der Waals surface area contributed by atoms with Crippen molar-refractivity contribution in [1.29, 1.82) is 5.26 Å². The second-order valence-corrected chi connectivity index (χ2v) is 13.7. The normalized spacial score (nSPS) is 26.3. The third-order valence-corrected chi connectivity index (χ3v) is 11.7. The number of benzene rings is 1. The van der Waals surface area contributed by atoms with Gasteiger partial charge in [0.05, 0.1) is 21.9 Å². The number of rotatable bonds is 4. The minimum atomic E-state index is -3.71. The first-order valence-electron chi connectivity index (χ1n) is 11.5. The van der Waals surface area contributed by atoms with Gasteiger partial charge in [-0.3, -0.25) is 0 Å². The van der Waals surface area contributed by atoms with Gasteiger partial charge >= 0.3 is 0 Å². The summed E-state index contributed by atoms with van der Waals surface area (Å²) < 4.78 is 54.2. The topological polar surface area (TPSA) is 102 Å². The van der Waals surface area contributed by atoms with Gasteiger partial charge in [-0.25, -0.2) is 16.8 Å². The molecule has 4 fully saturated rings. The van der Waals surface area contributed by atoms with Crippen LogP contribution in [0.3, 0.4) is 0 Å². The predicted molar refractivity (Wildman–Crippen MR) is 121 cm³/mol. The summed E-state index contributed by atoms with van der Waals surface area (Å²) in [4.78, 5) is 2.37. The molecule has 1 saturated carbocycles. The van der Waals surface area contributed by atoms with Crippen LogP contribution in [-0.2, 0) is 20.0 Å². The minimum absolute atomic E-state index is 0.117. The maximum absolute atomic E-state index is 13.4. The minimum Gasteiger partial charge on any atom is -0.370 e. The van der Waals surface area contributed by atoms with E-state index in [2.05, 4.69) is 11.0 Å². The molecule has 1 spiro atoms. The molecule has 3 saturated heterocycles. The zero-order valence-electron chi connectivity index (χ0n) is 18.2. The van der Waals surface area contributed by atoms with E-state index in [1.54, 1.807) is 16.4 Å². The summed E-state index contributed by atoms with van der Waals surface area (Å²) in [5.74, 6) is 0.192. The summed E-state index contributed by atoms with van der Waals surface area (Å²) in [5.41, 5.74) is 1.72. The van der Waals surface area contributed by atoms with Gasteiger partial charge < -0.3 is 4.90 Å². The summed E-state index contributed by atoms with van der Waals surface area (Å²) in [6, 6.07) is 6.91. The summed E-state index contributed by atoms with van der Waals surface area (Å²) in [5, 5.41) is 9.59. The summed E-state index contributed by atoms with van der Waals surface area (Å²) >= 11 is 0. The van der Waals surface area contributed by atoms with Crippen molar-refractivity contribution in [2.45, 2.75) is 55.9 Å². The first-order chi connectivity index (χ1) is 15.2. The van der Waals surface area contributed by atoms with E-state index in [0.717, 1.165) is 25.9 Å². The zero-order chi connectivity index (χ0) is 22.6.